The van der Waals surface area contributed by atoms with Crippen molar-refractivity contribution in [1.29, 1.82) is 0 Å². The van der Waals surface area contributed by atoms with Crippen LogP contribution in [0.25, 0.3) is 0 Å². The maximum atomic E-state index is 12.3. The fourth-order valence-electron chi connectivity index (χ4n) is 1.08. The molecular formula is C8H18Cl2NO3P. The van der Waals surface area contributed by atoms with Gasteiger partial charge in [0.05, 0.1) is 13.2 Å². The largest absolute Gasteiger partial charge is 0.408 e. The first-order chi connectivity index (χ1) is 7.14. The predicted molar refractivity (Wildman–Crippen MR) is 63.9 cm³/mol. The van der Waals surface area contributed by atoms with Crippen molar-refractivity contribution in [2.24, 2.45) is 0 Å². The lowest BCUT2D eigenvalue weighted by Gasteiger charge is -2.28. The second-order valence-corrected chi connectivity index (χ2v) is 5.41. The van der Waals surface area contributed by atoms with Crippen molar-refractivity contribution >= 4 is 30.9 Å². The highest BCUT2D eigenvalue weighted by atomic mass is 35.5. The molecule has 0 amide bonds. The Bertz CT molecular complexity index is 190. The van der Waals surface area contributed by atoms with Gasteiger partial charge < -0.3 is 0 Å². The van der Waals surface area contributed by atoms with E-state index >= 15 is 0 Å². The number of alkyl halides is 2. The van der Waals surface area contributed by atoms with Gasteiger partial charge in [-0.3, -0.25) is 9.05 Å². The summed E-state index contributed by atoms with van der Waals surface area (Å²) in [4.78, 5) is 0. The van der Waals surface area contributed by atoms with Crippen LogP contribution in [0.1, 0.15) is 13.8 Å². The summed E-state index contributed by atoms with van der Waals surface area (Å²) in [7, 11) is -3.20. The van der Waals surface area contributed by atoms with Crippen molar-refractivity contribution in [2.75, 3.05) is 38.1 Å². The van der Waals surface area contributed by atoms with Crippen molar-refractivity contribution in [1.82, 2.24) is 4.67 Å². The minimum absolute atomic E-state index is 0.332. The van der Waals surface area contributed by atoms with Gasteiger partial charge in [-0.25, -0.2) is 9.24 Å². The summed E-state index contributed by atoms with van der Waals surface area (Å²) in [6.07, 6.45) is 0. The molecule has 0 radical (unpaired) electrons. The van der Waals surface area contributed by atoms with E-state index in [4.69, 9.17) is 32.2 Å². The Hall–Kier alpha value is 0.690. The molecule has 92 valence electrons. The number of halogens is 2. The van der Waals surface area contributed by atoms with Gasteiger partial charge >= 0.3 is 7.75 Å². The standard InChI is InChI=1S/C8H18Cl2NO3P/c1-3-13-15(12,14-4-2)11(7-5-9)8-6-10/h3-8H2,1-2H3. The van der Waals surface area contributed by atoms with E-state index in [1.54, 1.807) is 18.5 Å². The lowest BCUT2D eigenvalue weighted by molar-refractivity contribution is 0.172. The van der Waals surface area contributed by atoms with Crippen molar-refractivity contribution in [3.05, 3.63) is 0 Å². The molecule has 0 saturated carbocycles. The average molecular weight is 278 g/mol. The Morgan fingerprint density at radius 3 is 1.73 bits per heavy atom. The number of nitrogens with zero attached hydrogens (tertiary/aromatic N) is 1. The molecule has 0 saturated heterocycles. The molecule has 0 spiro atoms. The molecule has 0 unspecified atom stereocenters. The quantitative estimate of drug-likeness (QED) is 0.480. The zero-order chi connectivity index (χ0) is 11.7. The summed E-state index contributed by atoms with van der Waals surface area (Å²) < 4.78 is 24.2. The molecule has 0 N–H and O–H groups in total. The van der Waals surface area contributed by atoms with Gasteiger partial charge in [0, 0.05) is 24.8 Å². The number of rotatable bonds is 9. The zero-order valence-electron chi connectivity index (χ0n) is 9.12. The van der Waals surface area contributed by atoms with E-state index in [0.717, 1.165) is 0 Å². The Kier molecular flexibility index (Phi) is 9.20. The van der Waals surface area contributed by atoms with E-state index in [1.165, 1.54) is 0 Å². The van der Waals surface area contributed by atoms with Crippen LogP contribution in [0.5, 0.6) is 0 Å². The van der Waals surface area contributed by atoms with Crippen molar-refractivity contribution in [2.45, 2.75) is 13.8 Å². The van der Waals surface area contributed by atoms with Crippen LogP contribution < -0.4 is 0 Å². The monoisotopic (exact) mass is 277 g/mol. The molecule has 7 heteroatoms. The van der Waals surface area contributed by atoms with Crippen LogP contribution in [-0.2, 0) is 13.6 Å². The fourth-order valence-corrected chi connectivity index (χ4v) is 3.47. The summed E-state index contributed by atoms with van der Waals surface area (Å²) in [6.45, 7) is 5.07. The molecule has 0 aliphatic carbocycles. The Balaban J connectivity index is 4.56. The van der Waals surface area contributed by atoms with E-state index in [0.29, 0.717) is 38.1 Å². The third-order valence-electron chi connectivity index (χ3n) is 1.62. The lowest BCUT2D eigenvalue weighted by atomic mass is 10.6. The molecule has 0 aromatic heterocycles. The molecule has 15 heavy (non-hydrogen) atoms. The van der Waals surface area contributed by atoms with Gasteiger partial charge in [0.25, 0.3) is 0 Å². The van der Waals surface area contributed by atoms with Gasteiger partial charge in [-0.1, -0.05) is 0 Å². The summed E-state index contributed by atoms with van der Waals surface area (Å²) in [5.74, 6) is 0.724. The zero-order valence-corrected chi connectivity index (χ0v) is 11.5. The summed E-state index contributed by atoms with van der Waals surface area (Å²) in [5.41, 5.74) is 0. The van der Waals surface area contributed by atoms with Crippen LogP contribution in [0.3, 0.4) is 0 Å². The van der Waals surface area contributed by atoms with Crippen LogP contribution >= 0.6 is 30.9 Å². The highest BCUT2D eigenvalue weighted by Gasteiger charge is 2.31. The summed E-state index contributed by atoms with van der Waals surface area (Å²) >= 11 is 11.2. The molecule has 0 heterocycles. The van der Waals surface area contributed by atoms with Crippen molar-refractivity contribution in [3.8, 4) is 0 Å². The Morgan fingerprint density at radius 2 is 1.47 bits per heavy atom. The Morgan fingerprint density at radius 1 is 1.07 bits per heavy atom. The smallest absolute Gasteiger partial charge is 0.297 e. The summed E-state index contributed by atoms with van der Waals surface area (Å²) in [6, 6.07) is 0. The molecule has 0 bridgehead atoms. The van der Waals surface area contributed by atoms with E-state index < -0.39 is 7.75 Å². The van der Waals surface area contributed by atoms with Crippen LogP contribution in [0.2, 0.25) is 0 Å². The molecular weight excluding hydrogens is 260 g/mol. The number of hydrogen-bond acceptors (Lipinski definition) is 3. The Labute approximate surface area is 101 Å². The first-order valence-electron chi connectivity index (χ1n) is 4.91. The third kappa shape index (κ3) is 5.53. The fraction of sp³-hybridized carbons (Fsp3) is 1.00. The van der Waals surface area contributed by atoms with Gasteiger partial charge in [-0.05, 0) is 13.8 Å². The minimum atomic E-state index is -3.20. The van der Waals surface area contributed by atoms with Crippen LogP contribution in [0.4, 0.5) is 0 Å². The SMILES string of the molecule is CCOP(=O)(OCC)N(CCCl)CCCl. The van der Waals surface area contributed by atoms with Crippen molar-refractivity contribution in [3.63, 3.8) is 0 Å². The first kappa shape index (κ1) is 15.7. The van der Waals surface area contributed by atoms with Gasteiger partial charge in [-0.15, -0.1) is 23.2 Å². The topological polar surface area (TPSA) is 38.8 Å². The number of hydrogen-bond donors (Lipinski definition) is 0. The van der Waals surface area contributed by atoms with Crippen LogP contribution in [0.15, 0.2) is 0 Å². The highest BCUT2D eigenvalue weighted by molar-refractivity contribution is 7.51. The van der Waals surface area contributed by atoms with E-state index in [-0.39, 0.29) is 0 Å². The van der Waals surface area contributed by atoms with Gasteiger partial charge in [0.2, 0.25) is 0 Å². The molecule has 0 atom stereocenters. The van der Waals surface area contributed by atoms with E-state index in [9.17, 15) is 4.57 Å². The molecule has 0 aliphatic heterocycles. The highest BCUT2D eigenvalue weighted by Crippen LogP contribution is 2.51. The molecule has 4 nitrogen and oxygen atoms in total. The summed E-state index contributed by atoms with van der Waals surface area (Å²) in [5, 5.41) is 0. The predicted octanol–water partition coefficient (Wildman–Crippen LogP) is 2.95. The lowest BCUT2D eigenvalue weighted by Crippen LogP contribution is -2.27. The molecule has 0 aromatic rings. The van der Waals surface area contributed by atoms with Crippen molar-refractivity contribution < 1.29 is 13.6 Å². The maximum Gasteiger partial charge on any atom is 0.408 e. The molecule has 0 rings (SSSR count). The van der Waals surface area contributed by atoms with Crippen LogP contribution in [-0.4, -0.2) is 42.7 Å². The third-order valence-corrected chi connectivity index (χ3v) is 4.22. The molecule has 0 aromatic carbocycles. The van der Waals surface area contributed by atoms with Gasteiger partial charge in [0.1, 0.15) is 0 Å². The molecule has 0 aliphatic rings. The average Bonchev–Trinajstić information content (AvgIpc) is 2.18. The second kappa shape index (κ2) is 8.80. The second-order valence-electron chi connectivity index (χ2n) is 2.64. The minimum Gasteiger partial charge on any atom is -0.297 e. The normalized spacial score (nSPS) is 12.3. The maximum absolute atomic E-state index is 12.3. The van der Waals surface area contributed by atoms with Crippen LogP contribution in [0, 0.1) is 0 Å². The van der Waals surface area contributed by atoms with Gasteiger partial charge in [0.15, 0.2) is 0 Å². The van der Waals surface area contributed by atoms with E-state index in [2.05, 4.69) is 0 Å². The first-order valence-corrected chi connectivity index (χ1v) is 7.47. The molecule has 0 fully saturated rings. The van der Waals surface area contributed by atoms with Gasteiger partial charge in [-0.2, -0.15) is 0 Å². The van der Waals surface area contributed by atoms with E-state index in [1.807, 2.05) is 0 Å².